The Morgan fingerprint density at radius 1 is 1.67 bits per heavy atom. The van der Waals surface area contributed by atoms with Gasteiger partial charge in [0, 0.05) is 41.3 Å². The van der Waals surface area contributed by atoms with Gasteiger partial charge in [-0.2, -0.15) is 16.1 Å². The lowest BCUT2D eigenvalue weighted by Crippen LogP contribution is -2.37. The van der Waals surface area contributed by atoms with Gasteiger partial charge in [-0.1, -0.05) is 0 Å². The van der Waals surface area contributed by atoms with E-state index in [1.165, 1.54) is 11.5 Å². The maximum Gasteiger partial charge on any atom is 0.270 e. The van der Waals surface area contributed by atoms with Crippen LogP contribution in [0.25, 0.3) is 0 Å². The predicted molar refractivity (Wildman–Crippen MR) is 74.0 cm³/mol. The summed E-state index contributed by atoms with van der Waals surface area (Å²) in [5.41, 5.74) is 1.09. The molecule has 0 aliphatic carbocycles. The molecular weight excluding hydrogens is 272 g/mol. The summed E-state index contributed by atoms with van der Waals surface area (Å²) >= 11 is 3.22. The standard InChI is InChI=1S/C10H14N4O2S2/c15-14(16)9-1-3-11-10(9)12-4-6-17-7-8-2-5-18-13-8/h2,5,9H,1,3-4,6-7H2,(H,11,12). The van der Waals surface area contributed by atoms with Crippen LogP contribution in [-0.2, 0) is 5.75 Å². The zero-order chi connectivity index (χ0) is 12.8. The molecule has 18 heavy (non-hydrogen) atoms. The maximum absolute atomic E-state index is 10.7. The van der Waals surface area contributed by atoms with Gasteiger partial charge in [-0.15, -0.1) is 0 Å². The number of aliphatic imine (C=N–C) groups is 1. The van der Waals surface area contributed by atoms with Crippen molar-refractivity contribution in [2.45, 2.75) is 18.2 Å². The number of amidine groups is 1. The topological polar surface area (TPSA) is 80.4 Å². The predicted octanol–water partition coefficient (Wildman–Crippen LogP) is 1.41. The van der Waals surface area contributed by atoms with Gasteiger partial charge in [-0.3, -0.25) is 15.1 Å². The lowest BCUT2D eigenvalue weighted by atomic mass is 10.2. The number of rotatable bonds is 6. The summed E-state index contributed by atoms with van der Waals surface area (Å²) in [5, 5.41) is 15.8. The Morgan fingerprint density at radius 3 is 3.28 bits per heavy atom. The highest BCUT2D eigenvalue weighted by Gasteiger charge is 2.30. The van der Waals surface area contributed by atoms with E-state index < -0.39 is 6.04 Å². The van der Waals surface area contributed by atoms with Gasteiger partial charge in [0.1, 0.15) is 0 Å². The Kier molecular flexibility index (Phi) is 4.94. The second kappa shape index (κ2) is 6.69. The quantitative estimate of drug-likeness (QED) is 0.486. The van der Waals surface area contributed by atoms with E-state index in [-0.39, 0.29) is 4.92 Å². The van der Waals surface area contributed by atoms with Crippen molar-refractivity contribution in [1.82, 2.24) is 9.69 Å². The third-order valence-electron chi connectivity index (χ3n) is 2.55. The molecule has 1 N–H and O–H groups in total. The van der Waals surface area contributed by atoms with Crippen LogP contribution in [0.4, 0.5) is 0 Å². The minimum Gasteiger partial charge on any atom is -0.367 e. The van der Waals surface area contributed by atoms with Crippen molar-refractivity contribution >= 4 is 29.1 Å². The van der Waals surface area contributed by atoms with E-state index in [4.69, 9.17) is 0 Å². The first kappa shape index (κ1) is 13.3. The fourth-order valence-electron chi connectivity index (χ4n) is 1.67. The Bertz CT molecular complexity index is 422. The minimum atomic E-state index is -0.631. The fourth-order valence-corrected chi connectivity index (χ4v) is 3.05. The first-order valence-electron chi connectivity index (χ1n) is 5.66. The van der Waals surface area contributed by atoms with Crippen LogP contribution in [0.2, 0.25) is 0 Å². The van der Waals surface area contributed by atoms with Crippen molar-refractivity contribution in [2.75, 3.05) is 18.8 Å². The second-order valence-electron chi connectivity index (χ2n) is 3.83. The summed E-state index contributed by atoms with van der Waals surface area (Å²) in [5.74, 6) is 2.31. The van der Waals surface area contributed by atoms with E-state index in [2.05, 4.69) is 14.7 Å². The van der Waals surface area contributed by atoms with Crippen LogP contribution in [0, 0.1) is 10.1 Å². The molecule has 0 bridgehead atoms. The molecule has 1 aromatic rings. The average molecular weight is 286 g/mol. The van der Waals surface area contributed by atoms with Gasteiger partial charge >= 0.3 is 0 Å². The molecular formula is C10H14N4O2S2. The Morgan fingerprint density at radius 2 is 2.56 bits per heavy atom. The molecule has 0 aromatic carbocycles. The summed E-state index contributed by atoms with van der Waals surface area (Å²) in [6, 6.07) is 1.38. The molecule has 0 spiro atoms. The largest absolute Gasteiger partial charge is 0.367 e. The monoisotopic (exact) mass is 286 g/mol. The van der Waals surface area contributed by atoms with E-state index in [1.807, 2.05) is 11.4 Å². The normalized spacial score (nSPS) is 18.7. The summed E-state index contributed by atoms with van der Waals surface area (Å²) in [6.45, 7) is 1.26. The molecule has 1 unspecified atom stereocenters. The summed E-state index contributed by atoms with van der Waals surface area (Å²) in [7, 11) is 0. The lowest BCUT2D eigenvalue weighted by molar-refractivity contribution is -0.502. The molecule has 1 atom stereocenters. The van der Waals surface area contributed by atoms with Crippen LogP contribution in [0.3, 0.4) is 0 Å². The van der Waals surface area contributed by atoms with E-state index in [9.17, 15) is 10.1 Å². The van der Waals surface area contributed by atoms with Crippen molar-refractivity contribution < 1.29 is 4.92 Å². The third kappa shape index (κ3) is 3.67. The summed E-state index contributed by atoms with van der Waals surface area (Å²) < 4.78 is 4.21. The molecule has 2 rings (SSSR count). The van der Waals surface area contributed by atoms with Gasteiger partial charge in [0.05, 0.1) is 5.69 Å². The fraction of sp³-hybridized carbons (Fsp3) is 0.600. The minimum absolute atomic E-state index is 0.263. The Labute approximate surface area is 113 Å². The smallest absolute Gasteiger partial charge is 0.270 e. The number of hydrogen-bond donors (Lipinski definition) is 1. The molecule has 0 saturated carbocycles. The van der Waals surface area contributed by atoms with Crippen molar-refractivity contribution in [2.24, 2.45) is 4.99 Å². The van der Waals surface area contributed by atoms with E-state index in [0.717, 1.165) is 17.2 Å². The third-order valence-corrected chi connectivity index (χ3v) is 4.14. The van der Waals surface area contributed by atoms with Gasteiger partial charge in [-0.25, -0.2) is 0 Å². The van der Waals surface area contributed by atoms with Crippen molar-refractivity contribution in [3.8, 4) is 0 Å². The zero-order valence-corrected chi connectivity index (χ0v) is 11.4. The first-order chi connectivity index (χ1) is 8.77. The molecule has 1 aliphatic rings. The molecule has 6 nitrogen and oxygen atoms in total. The van der Waals surface area contributed by atoms with E-state index >= 15 is 0 Å². The molecule has 8 heteroatoms. The molecule has 1 aliphatic heterocycles. The number of nitrogens with one attached hydrogen (secondary N) is 1. The molecule has 2 heterocycles. The van der Waals surface area contributed by atoms with Gasteiger partial charge in [0.2, 0.25) is 0 Å². The van der Waals surface area contributed by atoms with Crippen molar-refractivity contribution in [3.05, 3.63) is 27.3 Å². The van der Waals surface area contributed by atoms with Crippen LogP contribution in [-0.4, -0.2) is 40.0 Å². The lowest BCUT2D eigenvalue weighted by Gasteiger charge is -2.08. The van der Waals surface area contributed by atoms with Gasteiger partial charge < -0.3 is 5.32 Å². The molecule has 0 amide bonds. The second-order valence-corrected chi connectivity index (χ2v) is 5.60. The van der Waals surface area contributed by atoms with Gasteiger partial charge in [0.25, 0.3) is 6.04 Å². The zero-order valence-electron chi connectivity index (χ0n) is 9.74. The summed E-state index contributed by atoms with van der Waals surface area (Å²) in [4.78, 5) is 14.6. The van der Waals surface area contributed by atoms with Crippen LogP contribution in [0.1, 0.15) is 12.1 Å². The highest BCUT2D eigenvalue weighted by atomic mass is 32.2. The first-order valence-corrected chi connectivity index (χ1v) is 7.65. The number of thioether (sulfide) groups is 1. The van der Waals surface area contributed by atoms with E-state index in [1.54, 1.807) is 11.8 Å². The molecule has 0 saturated heterocycles. The Hall–Kier alpha value is -1.15. The highest BCUT2D eigenvalue weighted by molar-refractivity contribution is 7.98. The molecule has 1 aromatic heterocycles. The van der Waals surface area contributed by atoms with Crippen LogP contribution in [0.15, 0.2) is 16.4 Å². The van der Waals surface area contributed by atoms with Crippen molar-refractivity contribution in [3.63, 3.8) is 0 Å². The average Bonchev–Trinajstić information content (AvgIpc) is 2.98. The molecule has 0 fully saturated rings. The van der Waals surface area contributed by atoms with Gasteiger partial charge in [-0.05, 0) is 17.6 Å². The highest BCUT2D eigenvalue weighted by Crippen LogP contribution is 2.11. The number of hydrogen-bond acceptors (Lipinski definition) is 7. The maximum atomic E-state index is 10.7. The summed E-state index contributed by atoms with van der Waals surface area (Å²) in [6.07, 6.45) is 0.515. The molecule has 98 valence electrons. The van der Waals surface area contributed by atoms with E-state index in [0.29, 0.717) is 25.3 Å². The number of nitrogens with zero attached hydrogens (tertiary/aromatic N) is 3. The number of nitro groups is 1. The van der Waals surface area contributed by atoms with Gasteiger partial charge in [0.15, 0.2) is 5.84 Å². The van der Waals surface area contributed by atoms with Crippen LogP contribution < -0.4 is 5.32 Å². The molecule has 0 radical (unpaired) electrons. The van der Waals surface area contributed by atoms with Crippen molar-refractivity contribution in [1.29, 1.82) is 0 Å². The number of aromatic nitrogens is 1. The van der Waals surface area contributed by atoms with Crippen LogP contribution in [0.5, 0.6) is 0 Å². The van der Waals surface area contributed by atoms with Crippen LogP contribution >= 0.6 is 23.3 Å². The Balaban J connectivity index is 1.62. The SMILES string of the molecule is O=[N+]([O-])C1CCN=C1NCCSCc1ccsn1.